The van der Waals surface area contributed by atoms with Crippen molar-refractivity contribution in [2.75, 3.05) is 7.11 Å². The Balaban J connectivity index is 2.21. The van der Waals surface area contributed by atoms with Crippen LogP contribution in [0.4, 0.5) is 0 Å². The lowest BCUT2D eigenvalue weighted by molar-refractivity contribution is -0.136. The number of carboxylic acid groups (broad SMARTS) is 1. The van der Waals surface area contributed by atoms with Crippen LogP contribution in [-0.2, 0) is 11.2 Å². The summed E-state index contributed by atoms with van der Waals surface area (Å²) in [6, 6.07) is 13.6. The third kappa shape index (κ3) is 2.91. The average molecular weight is 348 g/mol. The molecule has 0 aliphatic rings. The van der Waals surface area contributed by atoms with E-state index in [0.29, 0.717) is 39.0 Å². The summed E-state index contributed by atoms with van der Waals surface area (Å²) in [6.07, 6.45) is -0.191. The predicted molar refractivity (Wildman–Crippen MR) is 95.5 cm³/mol. The molecule has 2 aromatic carbocycles. The van der Waals surface area contributed by atoms with Gasteiger partial charge < -0.3 is 9.84 Å². The number of aliphatic carboxylic acids is 1. The van der Waals surface area contributed by atoms with E-state index >= 15 is 0 Å². The molecule has 3 rings (SSSR count). The number of hydrogen-bond donors (Lipinski definition) is 1. The van der Waals surface area contributed by atoms with E-state index in [4.69, 9.17) is 10.00 Å². The standard InChI is InChI=1S/C20H16N2O4/c1-12-16(10-19(23)24)17-9-15(26-2)7-8-18(17)22(12)20(25)14-5-3-13(11-21)4-6-14/h3-9H,10H2,1-2H3,(H,23,24). The average Bonchev–Trinajstić information content (AvgIpc) is 2.92. The molecule has 0 aliphatic heterocycles. The highest BCUT2D eigenvalue weighted by Crippen LogP contribution is 2.30. The number of carbonyl (C=O) groups excluding carboxylic acids is 1. The Kier molecular flexibility index (Phi) is 4.46. The van der Waals surface area contributed by atoms with E-state index in [1.165, 1.54) is 11.7 Å². The van der Waals surface area contributed by atoms with Crippen LogP contribution in [0.25, 0.3) is 10.9 Å². The molecule has 0 amide bonds. The Morgan fingerprint density at radius 3 is 2.46 bits per heavy atom. The molecule has 3 aromatic rings. The lowest BCUT2D eigenvalue weighted by Gasteiger charge is -2.08. The van der Waals surface area contributed by atoms with Crippen LogP contribution in [0.15, 0.2) is 42.5 Å². The first-order chi connectivity index (χ1) is 12.5. The number of hydrogen-bond acceptors (Lipinski definition) is 4. The monoisotopic (exact) mass is 348 g/mol. The maximum Gasteiger partial charge on any atom is 0.307 e. The number of benzene rings is 2. The summed E-state index contributed by atoms with van der Waals surface area (Å²) in [4.78, 5) is 24.3. The minimum atomic E-state index is -0.971. The third-order valence-electron chi connectivity index (χ3n) is 4.33. The Morgan fingerprint density at radius 1 is 1.19 bits per heavy atom. The molecule has 0 saturated heterocycles. The van der Waals surface area contributed by atoms with Crippen LogP contribution in [-0.4, -0.2) is 28.7 Å². The number of carboxylic acids is 1. The number of aromatic nitrogens is 1. The van der Waals surface area contributed by atoms with Crippen LogP contribution in [0.3, 0.4) is 0 Å². The molecular weight excluding hydrogens is 332 g/mol. The molecule has 0 spiro atoms. The summed E-state index contributed by atoms with van der Waals surface area (Å²) in [5.74, 6) is -0.660. The van der Waals surface area contributed by atoms with Crippen molar-refractivity contribution in [3.05, 3.63) is 64.8 Å². The lowest BCUT2D eigenvalue weighted by atomic mass is 10.1. The maximum absolute atomic E-state index is 13.0. The second kappa shape index (κ2) is 6.73. The normalized spacial score (nSPS) is 10.5. The van der Waals surface area contributed by atoms with E-state index in [1.54, 1.807) is 49.4 Å². The molecule has 0 radical (unpaired) electrons. The molecule has 6 heteroatoms. The van der Waals surface area contributed by atoms with Crippen molar-refractivity contribution in [1.82, 2.24) is 4.57 Å². The molecule has 0 fully saturated rings. The summed E-state index contributed by atoms with van der Waals surface area (Å²) < 4.78 is 6.74. The van der Waals surface area contributed by atoms with Crippen molar-refractivity contribution in [2.24, 2.45) is 0 Å². The van der Waals surface area contributed by atoms with E-state index in [2.05, 4.69) is 0 Å². The lowest BCUT2D eigenvalue weighted by Crippen LogP contribution is -2.14. The number of ether oxygens (including phenoxy) is 1. The summed E-state index contributed by atoms with van der Waals surface area (Å²) in [5, 5.41) is 18.8. The summed E-state index contributed by atoms with van der Waals surface area (Å²) >= 11 is 0. The number of methoxy groups -OCH3 is 1. The molecule has 1 N–H and O–H groups in total. The summed E-state index contributed by atoms with van der Waals surface area (Å²) in [6.45, 7) is 1.73. The minimum Gasteiger partial charge on any atom is -0.497 e. The first-order valence-electron chi connectivity index (χ1n) is 7.91. The van der Waals surface area contributed by atoms with Gasteiger partial charge in [-0.25, -0.2) is 0 Å². The van der Waals surface area contributed by atoms with Crippen LogP contribution in [0, 0.1) is 18.3 Å². The zero-order valence-corrected chi connectivity index (χ0v) is 14.3. The van der Waals surface area contributed by atoms with E-state index in [-0.39, 0.29) is 12.3 Å². The van der Waals surface area contributed by atoms with Gasteiger partial charge in [-0.2, -0.15) is 5.26 Å². The van der Waals surface area contributed by atoms with Crippen LogP contribution < -0.4 is 4.74 Å². The molecule has 0 aliphatic carbocycles. The first-order valence-corrected chi connectivity index (χ1v) is 7.91. The van der Waals surface area contributed by atoms with Gasteiger partial charge in [0, 0.05) is 16.6 Å². The Bertz CT molecular complexity index is 1060. The first kappa shape index (κ1) is 17.2. The fraction of sp³-hybridized carbons (Fsp3) is 0.150. The highest BCUT2D eigenvalue weighted by atomic mass is 16.5. The molecule has 0 unspecified atom stereocenters. The molecule has 6 nitrogen and oxygen atoms in total. The molecule has 26 heavy (non-hydrogen) atoms. The number of carbonyl (C=O) groups is 2. The Hall–Kier alpha value is -3.59. The molecule has 0 saturated carbocycles. The van der Waals surface area contributed by atoms with E-state index in [1.807, 2.05) is 6.07 Å². The molecule has 0 bridgehead atoms. The zero-order chi connectivity index (χ0) is 18.8. The van der Waals surface area contributed by atoms with Gasteiger partial charge in [-0.3, -0.25) is 14.2 Å². The van der Waals surface area contributed by atoms with Gasteiger partial charge >= 0.3 is 5.97 Å². The van der Waals surface area contributed by atoms with Crippen LogP contribution in [0.2, 0.25) is 0 Å². The van der Waals surface area contributed by atoms with E-state index in [9.17, 15) is 14.7 Å². The summed E-state index contributed by atoms with van der Waals surface area (Å²) in [7, 11) is 1.53. The Labute approximate surface area is 149 Å². The molecule has 0 atom stereocenters. The molecule has 1 heterocycles. The second-order valence-corrected chi connectivity index (χ2v) is 5.85. The van der Waals surface area contributed by atoms with Crippen molar-refractivity contribution in [3.8, 4) is 11.8 Å². The van der Waals surface area contributed by atoms with Crippen molar-refractivity contribution in [2.45, 2.75) is 13.3 Å². The van der Waals surface area contributed by atoms with Crippen molar-refractivity contribution in [1.29, 1.82) is 5.26 Å². The van der Waals surface area contributed by atoms with Crippen LogP contribution in [0.1, 0.15) is 27.2 Å². The third-order valence-corrected chi connectivity index (χ3v) is 4.33. The maximum atomic E-state index is 13.0. The number of fused-ring (bicyclic) bond motifs is 1. The van der Waals surface area contributed by atoms with Gasteiger partial charge in [-0.15, -0.1) is 0 Å². The fourth-order valence-corrected chi connectivity index (χ4v) is 3.04. The van der Waals surface area contributed by atoms with Crippen LogP contribution in [0.5, 0.6) is 5.75 Å². The fourth-order valence-electron chi connectivity index (χ4n) is 3.04. The number of rotatable bonds is 4. The van der Waals surface area contributed by atoms with E-state index in [0.717, 1.165) is 0 Å². The van der Waals surface area contributed by atoms with Crippen molar-refractivity contribution < 1.29 is 19.4 Å². The van der Waals surface area contributed by atoms with Gasteiger partial charge in [0.2, 0.25) is 0 Å². The van der Waals surface area contributed by atoms with Crippen molar-refractivity contribution in [3.63, 3.8) is 0 Å². The predicted octanol–water partition coefficient (Wildman–Crippen LogP) is 3.15. The minimum absolute atomic E-state index is 0.191. The number of nitrogens with zero attached hydrogens (tertiary/aromatic N) is 2. The highest BCUT2D eigenvalue weighted by molar-refractivity contribution is 6.05. The zero-order valence-electron chi connectivity index (χ0n) is 14.3. The molecule has 130 valence electrons. The largest absolute Gasteiger partial charge is 0.497 e. The quantitative estimate of drug-likeness (QED) is 0.782. The molecule has 1 aromatic heterocycles. The highest BCUT2D eigenvalue weighted by Gasteiger charge is 2.21. The van der Waals surface area contributed by atoms with Gasteiger partial charge in [0.1, 0.15) is 5.75 Å². The Morgan fingerprint density at radius 2 is 1.88 bits per heavy atom. The summed E-state index contributed by atoms with van der Waals surface area (Å²) in [5.41, 5.74) is 2.65. The number of nitriles is 1. The van der Waals surface area contributed by atoms with Gasteiger partial charge in [0.05, 0.1) is 30.7 Å². The van der Waals surface area contributed by atoms with Crippen molar-refractivity contribution >= 4 is 22.8 Å². The van der Waals surface area contributed by atoms with Crippen LogP contribution >= 0.6 is 0 Å². The van der Waals surface area contributed by atoms with E-state index < -0.39 is 5.97 Å². The van der Waals surface area contributed by atoms with Gasteiger partial charge in [-0.05, 0) is 55.0 Å². The van der Waals surface area contributed by atoms with Gasteiger partial charge in [0.25, 0.3) is 5.91 Å². The SMILES string of the molecule is COc1ccc2c(c1)c(CC(=O)O)c(C)n2C(=O)c1ccc(C#N)cc1. The van der Waals surface area contributed by atoms with Gasteiger partial charge in [0.15, 0.2) is 0 Å². The molecular formula is C20H16N2O4. The smallest absolute Gasteiger partial charge is 0.307 e. The van der Waals surface area contributed by atoms with Gasteiger partial charge in [-0.1, -0.05) is 0 Å². The topological polar surface area (TPSA) is 92.3 Å². The second-order valence-electron chi connectivity index (χ2n) is 5.85.